The van der Waals surface area contributed by atoms with Crippen LogP contribution >= 0.6 is 0 Å². The maximum absolute atomic E-state index is 11.0. The van der Waals surface area contributed by atoms with E-state index >= 15 is 0 Å². The summed E-state index contributed by atoms with van der Waals surface area (Å²) in [5.74, 6) is -0.635. The molecule has 88 valence electrons. The lowest BCUT2D eigenvalue weighted by molar-refractivity contribution is 0.0652. The summed E-state index contributed by atoms with van der Waals surface area (Å²) in [7, 11) is 1.45. The van der Waals surface area contributed by atoms with Gasteiger partial charge >= 0.3 is 5.97 Å². The lowest BCUT2D eigenvalue weighted by Crippen LogP contribution is -2.05. The molecule has 1 rings (SSSR count). The van der Waals surface area contributed by atoms with Crippen molar-refractivity contribution in [2.45, 2.75) is 26.6 Å². The first-order valence-electron chi connectivity index (χ1n) is 5.06. The zero-order chi connectivity index (χ0) is 12.1. The predicted molar refractivity (Wildman–Crippen MR) is 59.9 cm³/mol. The number of hydrogen-bond acceptors (Lipinski definition) is 3. The van der Waals surface area contributed by atoms with Gasteiger partial charge in [-0.05, 0) is 31.5 Å². The van der Waals surface area contributed by atoms with E-state index in [2.05, 4.69) is 0 Å². The van der Waals surface area contributed by atoms with Gasteiger partial charge in [-0.1, -0.05) is 6.07 Å². The van der Waals surface area contributed by atoms with E-state index in [0.29, 0.717) is 12.4 Å². The second-order valence-corrected chi connectivity index (χ2v) is 3.70. The van der Waals surface area contributed by atoms with E-state index in [4.69, 9.17) is 14.6 Å². The third kappa shape index (κ3) is 3.24. The summed E-state index contributed by atoms with van der Waals surface area (Å²) in [6, 6.07) is 5.01. The first-order chi connectivity index (χ1) is 7.54. The third-order valence-corrected chi connectivity index (χ3v) is 2.08. The third-order valence-electron chi connectivity index (χ3n) is 2.08. The van der Waals surface area contributed by atoms with Crippen LogP contribution in [0, 0.1) is 0 Å². The normalized spacial score (nSPS) is 10.5. The summed E-state index contributed by atoms with van der Waals surface area (Å²) >= 11 is 0. The molecule has 0 saturated heterocycles. The van der Waals surface area contributed by atoms with E-state index in [0.717, 1.165) is 5.56 Å². The highest BCUT2D eigenvalue weighted by molar-refractivity contribution is 5.91. The van der Waals surface area contributed by atoms with Gasteiger partial charge in [0.15, 0.2) is 0 Å². The number of carboxylic acids is 1. The predicted octanol–water partition coefficient (Wildman–Crippen LogP) is 2.32. The molecule has 0 aliphatic carbocycles. The van der Waals surface area contributed by atoms with Crippen LogP contribution in [0.3, 0.4) is 0 Å². The molecule has 16 heavy (non-hydrogen) atoms. The summed E-state index contributed by atoms with van der Waals surface area (Å²) in [5.41, 5.74) is 0.985. The lowest BCUT2D eigenvalue weighted by atomic mass is 10.1. The smallest absolute Gasteiger partial charge is 0.339 e. The number of ether oxygens (including phenoxy) is 2. The van der Waals surface area contributed by atoms with Crippen molar-refractivity contribution in [2.75, 3.05) is 7.11 Å². The Kier molecular flexibility index (Phi) is 4.31. The molecule has 0 aliphatic rings. The van der Waals surface area contributed by atoms with E-state index in [1.807, 2.05) is 13.8 Å². The van der Waals surface area contributed by atoms with Crippen molar-refractivity contribution in [1.29, 1.82) is 0 Å². The van der Waals surface area contributed by atoms with Crippen molar-refractivity contribution >= 4 is 5.97 Å². The Balaban J connectivity index is 2.89. The summed E-state index contributed by atoms with van der Waals surface area (Å²) in [5, 5.41) is 8.98. The first kappa shape index (κ1) is 12.5. The van der Waals surface area contributed by atoms with Crippen molar-refractivity contribution in [3.63, 3.8) is 0 Å². The highest BCUT2D eigenvalue weighted by atomic mass is 16.5. The Morgan fingerprint density at radius 3 is 2.62 bits per heavy atom. The highest BCUT2D eigenvalue weighted by Crippen LogP contribution is 2.20. The Hall–Kier alpha value is -1.55. The van der Waals surface area contributed by atoms with E-state index in [9.17, 15) is 4.79 Å². The van der Waals surface area contributed by atoms with Crippen LogP contribution < -0.4 is 4.74 Å². The highest BCUT2D eigenvalue weighted by Gasteiger charge is 2.11. The van der Waals surface area contributed by atoms with Crippen molar-refractivity contribution in [1.82, 2.24) is 0 Å². The number of aromatic carboxylic acids is 1. The molecular formula is C12H16O4. The van der Waals surface area contributed by atoms with Gasteiger partial charge < -0.3 is 14.6 Å². The van der Waals surface area contributed by atoms with Crippen LogP contribution in [-0.2, 0) is 11.3 Å². The molecule has 0 aliphatic heterocycles. The molecule has 0 fully saturated rings. The minimum atomic E-state index is -0.997. The molecule has 0 aromatic heterocycles. The fraction of sp³-hybridized carbons (Fsp3) is 0.417. The molecule has 4 heteroatoms. The summed E-state index contributed by atoms with van der Waals surface area (Å²) in [6.07, 6.45) is 0.121. The molecule has 0 radical (unpaired) electrons. The Morgan fingerprint density at radius 1 is 1.44 bits per heavy atom. The number of hydrogen-bond donors (Lipinski definition) is 1. The van der Waals surface area contributed by atoms with Crippen LogP contribution in [0.2, 0.25) is 0 Å². The standard InChI is InChI=1S/C12H16O4/c1-8(2)16-7-9-4-5-11(15-3)10(6-9)12(13)14/h4-6,8H,7H2,1-3H3,(H,13,14). The average molecular weight is 224 g/mol. The van der Waals surface area contributed by atoms with Crippen molar-refractivity contribution in [3.8, 4) is 5.75 Å². The van der Waals surface area contributed by atoms with E-state index < -0.39 is 5.97 Å². The molecule has 0 spiro atoms. The van der Waals surface area contributed by atoms with E-state index in [1.165, 1.54) is 7.11 Å². The minimum absolute atomic E-state index is 0.121. The summed E-state index contributed by atoms with van der Waals surface area (Å²) < 4.78 is 10.4. The number of carbonyl (C=O) groups is 1. The van der Waals surface area contributed by atoms with Gasteiger partial charge in [0, 0.05) is 0 Å². The van der Waals surface area contributed by atoms with Crippen molar-refractivity contribution < 1.29 is 19.4 Å². The van der Waals surface area contributed by atoms with Gasteiger partial charge in [0.25, 0.3) is 0 Å². The SMILES string of the molecule is COc1ccc(COC(C)C)cc1C(=O)O. The number of carboxylic acid groups (broad SMARTS) is 1. The fourth-order valence-electron chi connectivity index (χ4n) is 1.27. The van der Waals surface area contributed by atoms with Crippen LogP contribution in [0.4, 0.5) is 0 Å². The van der Waals surface area contributed by atoms with Crippen LogP contribution in [0.15, 0.2) is 18.2 Å². The molecular weight excluding hydrogens is 208 g/mol. The molecule has 0 bridgehead atoms. The molecule has 1 aromatic rings. The number of rotatable bonds is 5. The molecule has 4 nitrogen and oxygen atoms in total. The minimum Gasteiger partial charge on any atom is -0.496 e. The number of methoxy groups -OCH3 is 1. The zero-order valence-electron chi connectivity index (χ0n) is 9.69. The fourth-order valence-corrected chi connectivity index (χ4v) is 1.27. The second kappa shape index (κ2) is 5.51. The molecule has 1 N–H and O–H groups in total. The van der Waals surface area contributed by atoms with Crippen LogP contribution in [0.1, 0.15) is 29.8 Å². The molecule has 0 amide bonds. The van der Waals surface area contributed by atoms with Gasteiger partial charge in [-0.25, -0.2) is 4.79 Å². The lowest BCUT2D eigenvalue weighted by Gasteiger charge is -2.10. The van der Waals surface area contributed by atoms with Gasteiger partial charge in [0.2, 0.25) is 0 Å². The maximum atomic E-state index is 11.0. The Bertz CT molecular complexity index is 371. The Labute approximate surface area is 94.8 Å². The van der Waals surface area contributed by atoms with Gasteiger partial charge in [-0.3, -0.25) is 0 Å². The Morgan fingerprint density at radius 2 is 2.12 bits per heavy atom. The van der Waals surface area contributed by atoms with Gasteiger partial charge in [0.05, 0.1) is 19.8 Å². The molecule has 0 unspecified atom stereocenters. The van der Waals surface area contributed by atoms with E-state index in [-0.39, 0.29) is 11.7 Å². The summed E-state index contributed by atoms with van der Waals surface area (Å²) in [4.78, 5) is 11.0. The van der Waals surface area contributed by atoms with Crippen molar-refractivity contribution in [2.24, 2.45) is 0 Å². The van der Waals surface area contributed by atoms with Crippen LogP contribution in [0.5, 0.6) is 5.75 Å². The molecule has 1 aromatic carbocycles. The first-order valence-corrected chi connectivity index (χ1v) is 5.06. The van der Waals surface area contributed by atoms with Gasteiger partial charge in [0.1, 0.15) is 11.3 Å². The quantitative estimate of drug-likeness (QED) is 0.833. The van der Waals surface area contributed by atoms with Gasteiger partial charge in [-0.15, -0.1) is 0 Å². The summed E-state index contributed by atoms with van der Waals surface area (Å²) in [6.45, 7) is 4.27. The molecule has 0 atom stereocenters. The van der Waals surface area contributed by atoms with Crippen molar-refractivity contribution in [3.05, 3.63) is 29.3 Å². The van der Waals surface area contributed by atoms with E-state index in [1.54, 1.807) is 18.2 Å². The molecule has 0 saturated carbocycles. The maximum Gasteiger partial charge on any atom is 0.339 e. The number of benzene rings is 1. The largest absolute Gasteiger partial charge is 0.496 e. The average Bonchev–Trinajstić information content (AvgIpc) is 2.25. The second-order valence-electron chi connectivity index (χ2n) is 3.70. The van der Waals surface area contributed by atoms with Gasteiger partial charge in [-0.2, -0.15) is 0 Å². The van der Waals surface area contributed by atoms with Crippen LogP contribution in [-0.4, -0.2) is 24.3 Å². The monoisotopic (exact) mass is 224 g/mol. The van der Waals surface area contributed by atoms with Crippen LogP contribution in [0.25, 0.3) is 0 Å². The topological polar surface area (TPSA) is 55.8 Å². The zero-order valence-corrected chi connectivity index (χ0v) is 9.69. The molecule has 0 heterocycles.